The molecule has 0 unspecified atom stereocenters. The zero-order valence-corrected chi connectivity index (χ0v) is 22.6. The number of imidazole rings is 3. The third-order valence-corrected chi connectivity index (χ3v) is 7.71. The number of aryl methyl sites for hydroxylation is 1. The summed E-state index contributed by atoms with van der Waals surface area (Å²) in [5, 5.41) is 4.38. The van der Waals surface area contributed by atoms with Crippen molar-refractivity contribution in [3.8, 4) is 11.4 Å². The highest BCUT2D eigenvalue weighted by Crippen LogP contribution is 2.29. The van der Waals surface area contributed by atoms with Crippen LogP contribution >= 0.6 is 23.2 Å². The second-order valence-corrected chi connectivity index (χ2v) is 10.2. The zero-order chi connectivity index (χ0) is 26.5. The molecule has 5 heterocycles. The van der Waals surface area contributed by atoms with Crippen molar-refractivity contribution in [2.75, 3.05) is 16.8 Å². The van der Waals surface area contributed by atoms with Crippen molar-refractivity contribution in [2.24, 2.45) is 0 Å². The van der Waals surface area contributed by atoms with Crippen LogP contribution in [0.1, 0.15) is 18.4 Å². The molecular formula is C27H24Cl2N10. The topological polar surface area (TPSA) is 105 Å². The minimum absolute atomic E-state index is 0.418. The molecule has 0 saturated carbocycles. The standard InChI is InChI=1S/C27H24Cl2N10/c1-2-37-15-32-23-24(30-13-22-33-20-10-18(28)19(29)11-21(20)34-22)35-27(36-26(23)37)38-8-9-39-17(14-38)12-31-25(39)16-6-4-3-5-7-16/h3-7,10-12,15H,2,8-9,13-14H2,1H3,(H,33,34)(H,30,35,36). The van der Waals surface area contributed by atoms with Crippen LogP contribution in [0.5, 0.6) is 0 Å². The van der Waals surface area contributed by atoms with Crippen molar-refractivity contribution in [1.29, 1.82) is 0 Å². The van der Waals surface area contributed by atoms with Gasteiger partial charge in [0.05, 0.1) is 52.4 Å². The molecule has 10 nitrogen and oxygen atoms in total. The Balaban J connectivity index is 1.19. The van der Waals surface area contributed by atoms with Crippen molar-refractivity contribution >= 4 is 57.2 Å². The van der Waals surface area contributed by atoms with Gasteiger partial charge in [0, 0.05) is 25.2 Å². The number of fused-ring (bicyclic) bond motifs is 3. The number of nitrogens with zero attached hydrogens (tertiary/aromatic N) is 8. The van der Waals surface area contributed by atoms with Crippen LogP contribution in [0.3, 0.4) is 0 Å². The van der Waals surface area contributed by atoms with Gasteiger partial charge in [-0.25, -0.2) is 15.0 Å². The molecule has 1 aliphatic rings. The number of hydrogen-bond acceptors (Lipinski definition) is 7. The van der Waals surface area contributed by atoms with E-state index in [9.17, 15) is 0 Å². The van der Waals surface area contributed by atoms with Crippen LogP contribution in [-0.4, -0.2) is 45.6 Å². The molecule has 0 spiro atoms. The normalized spacial score (nSPS) is 13.4. The molecule has 12 heteroatoms. The van der Waals surface area contributed by atoms with Crippen LogP contribution in [0.2, 0.25) is 10.0 Å². The van der Waals surface area contributed by atoms with E-state index in [-0.39, 0.29) is 0 Å². The van der Waals surface area contributed by atoms with E-state index in [4.69, 9.17) is 38.2 Å². The second kappa shape index (κ2) is 9.55. The van der Waals surface area contributed by atoms with E-state index in [0.29, 0.717) is 34.9 Å². The highest BCUT2D eigenvalue weighted by molar-refractivity contribution is 6.42. The van der Waals surface area contributed by atoms with E-state index in [1.165, 1.54) is 0 Å². The summed E-state index contributed by atoms with van der Waals surface area (Å²) in [4.78, 5) is 29.3. The van der Waals surface area contributed by atoms with Crippen molar-refractivity contribution in [3.05, 3.63) is 76.6 Å². The maximum absolute atomic E-state index is 6.17. The smallest absolute Gasteiger partial charge is 0.229 e. The Morgan fingerprint density at radius 3 is 2.69 bits per heavy atom. The fourth-order valence-corrected chi connectivity index (χ4v) is 5.33. The van der Waals surface area contributed by atoms with Crippen LogP contribution in [0, 0.1) is 0 Å². The van der Waals surface area contributed by atoms with Gasteiger partial charge in [0.25, 0.3) is 0 Å². The summed E-state index contributed by atoms with van der Waals surface area (Å²) in [6, 6.07) is 13.8. The summed E-state index contributed by atoms with van der Waals surface area (Å²) in [7, 11) is 0. The van der Waals surface area contributed by atoms with Gasteiger partial charge in [0.2, 0.25) is 5.95 Å². The molecule has 39 heavy (non-hydrogen) atoms. The Morgan fingerprint density at radius 2 is 1.85 bits per heavy atom. The maximum atomic E-state index is 6.17. The van der Waals surface area contributed by atoms with Gasteiger partial charge in [0.1, 0.15) is 11.6 Å². The minimum Gasteiger partial charge on any atom is -0.361 e. The van der Waals surface area contributed by atoms with Crippen LogP contribution in [0.25, 0.3) is 33.6 Å². The fourth-order valence-electron chi connectivity index (χ4n) is 5.01. The van der Waals surface area contributed by atoms with Crippen molar-refractivity contribution in [1.82, 2.24) is 39.0 Å². The summed E-state index contributed by atoms with van der Waals surface area (Å²) >= 11 is 12.3. The second-order valence-electron chi connectivity index (χ2n) is 9.41. The number of nitrogens with one attached hydrogen (secondary N) is 2. The van der Waals surface area contributed by atoms with E-state index in [2.05, 4.69) is 48.8 Å². The Labute approximate surface area is 233 Å². The maximum Gasteiger partial charge on any atom is 0.229 e. The summed E-state index contributed by atoms with van der Waals surface area (Å²) in [6.45, 7) is 5.47. The number of benzene rings is 2. The molecule has 0 amide bonds. The molecule has 0 aliphatic carbocycles. The van der Waals surface area contributed by atoms with Gasteiger partial charge < -0.3 is 24.3 Å². The number of aromatic amines is 1. The van der Waals surface area contributed by atoms with E-state index < -0.39 is 0 Å². The molecule has 2 N–H and O–H groups in total. The molecule has 0 bridgehead atoms. The van der Waals surface area contributed by atoms with E-state index in [1.54, 1.807) is 18.5 Å². The van der Waals surface area contributed by atoms with E-state index >= 15 is 0 Å². The number of H-pyrrole nitrogens is 1. The first-order valence-electron chi connectivity index (χ1n) is 12.7. The molecule has 4 aromatic heterocycles. The third kappa shape index (κ3) is 4.25. The molecule has 7 rings (SSSR count). The SMILES string of the molecule is CCn1cnc2c(NCc3nc4cc(Cl)c(Cl)cc4[nH]3)nc(N3CCn4c(cnc4-c4ccccc4)C3)nc21. The van der Waals surface area contributed by atoms with Crippen molar-refractivity contribution in [3.63, 3.8) is 0 Å². The first kappa shape index (κ1) is 23.9. The van der Waals surface area contributed by atoms with Gasteiger partial charge in [-0.05, 0) is 19.1 Å². The predicted molar refractivity (Wildman–Crippen MR) is 153 cm³/mol. The lowest BCUT2D eigenvalue weighted by molar-refractivity contribution is 0.567. The first-order valence-corrected chi connectivity index (χ1v) is 13.5. The lowest BCUT2D eigenvalue weighted by Gasteiger charge is -2.29. The van der Waals surface area contributed by atoms with Gasteiger partial charge in [-0.3, -0.25) is 0 Å². The average molecular weight is 559 g/mol. The molecule has 2 aromatic carbocycles. The molecule has 1 aliphatic heterocycles. The predicted octanol–water partition coefficient (Wildman–Crippen LogP) is 5.53. The number of aromatic nitrogens is 8. The molecule has 0 radical (unpaired) electrons. The Kier molecular flexibility index (Phi) is 5.86. The van der Waals surface area contributed by atoms with Gasteiger partial charge in [-0.1, -0.05) is 53.5 Å². The van der Waals surface area contributed by atoms with Crippen molar-refractivity contribution in [2.45, 2.75) is 33.1 Å². The van der Waals surface area contributed by atoms with E-state index in [0.717, 1.165) is 64.7 Å². The van der Waals surface area contributed by atoms with E-state index in [1.807, 2.05) is 29.0 Å². The Hall–Kier alpha value is -4.15. The Morgan fingerprint density at radius 1 is 1.00 bits per heavy atom. The summed E-state index contributed by atoms with van der Waals surface area (Å²) in [5.41, 5.74) is 5.33. The lowest BCUT2D eigenvalue weighted by atomic mass is 10.2. The molecule has 196 valence electrons. The molecule has 6 aromatic rings. The fraction of sp³-hybridized carbons (Fsp3) is 0.222. The lowest BCUT2D eigenvalue weighted by Crippen LogP contribution is -2.35. The summed E-state index contributed by atoms with van der Waals surface area (Å²) in [6.07, 6.45) is 3.75. The Bertz CT molecular complexity index is 1780. The largest absolute Gasteiger partial charge is 0.361 e. The quantitative estimate of drug-likeness (QED) is 0.277. The summed E-state index contributed by atoms with van der Waals surface area (Å²) in [5.74, 6) is 3.03. The highest BCUT2D eigenvalue weighted by atomic mass is 35.5. The third-order valence-electron chi connectivity index (χ3n) is 6.99. The summed E-state index contributed by atoms with van der Waals surface area (Å²) < 4.78 is 4.30. The van der Waals surface area contributed by atoms with Gasteiger partial charge in [-0.15, -0.1) is 0 Å². The van der Waals surface area contributed by atoms with Crippen LogP contribution < -0.4 is 10.2 Å². The van der Waals surface area contributed by atoms with Crippen LogP contribution in [0.4, 0.5) is 11.8 Å². The molecule has 0 fully saturated rings. The van der Waals surface area contributed by atoms with Crippen LogP contribution in [0.15, 0.2) is 55.0 Å². The number of halogens is 2. The number of anilines is 2. The molecule has 0 saturated heterocycles. The average Bonchev–Trinajstić information content (AvgIpc) is 3.68. The number of rotatable bonds is 6. The molecular weight excluding hydrogens is 535 g/mol. The van der Waals surface area contributed by atoms with Crippen molar-refractivity contribution < 1.29 is 0 Å². The van der Waals surface area contributed by atoms with Crippen LogP contribution in [-0.2, 0) is 26.2 Å². The first-order chi connectivity index (χ1) is 19.1. The van der Waals surface area contributed by atoms with Gasteiger partial charge in [0.15, 0.2) is 17.0 Å². The zero-order valence-electron chi connectivity index (χ0n) is 21.1. The minimum atomic E-state index is 0.418. The number of hydrogen-bond donors (Lipinski definition) is 2. The van der Waals surface area contributed by atoms with Gasteiger partial charge >= 0.3 is 0 Å². The van der Waals surface area contributed by atoms with Gasteiger partial charge in [-0.2, -0.15) is 9.97 Å². The molecule has 0 atom stereocenters. The monoisotopic (exact) mass is 558 g/mol. The highest BCUT2D eigenvalue weighted by Gasteiger charge is 2.24.